The number of rotatable bonds is 4. The second-order valence-corrected chi connectivity index (χ2v) is 5.53. The Morgan fingerprint density at radius 2 is 2.09 bits per heavy atom. The highest BCUT2D eigenvalue weighted by Crippen LogP contribution is 2.27. The van der Waals surface area contributed by atoms with E-state index in [1.807, 2.05) is 19.9 Å². The summed E-state index contributed by atoms with van der Waals surface area (Å²) in [6.45, 7) is 3.77. The lowest BCUT2D eigenvalue weighted by molar-refractivity contribution is 0.388. The summed E-state index contributed by atoms with van der Waals surface area (Å²) in [5.74, 6) is 0.731. The summed E-state index contributed by atoms with van der Waals surface area (Å²) in [4.78, 5) is 12.2. The van der Waals surface area contributed by atoms with Crippen LogP contribution >= 0.6 is 0 Å². The summed E-state index contributed by atoms with van der Waals surface area (Å²) in [6, 6.07) is 8.52. The van der Waals surface area contributed by atoms with Gasteiger partial charge in [0.15, 0.2) is 0 Å². The molecule has 1 unspecified atom stereocenters. The molecule has 0 saturated carbocycles. The minimum Gasteiger partial charge on any atom is -0.376 e. The maximum atomic E-state index is 12.2. The summed E-state index contributed by atoms with van der Waals surface area (Å²) in [7, 11) is 1.71. The van der Waals surface area contributed by atoms with Gasteiger partial charge in [-0.25, -0.2) is 0 Å². The maximum absolute atomic E-state index is 12.2. The van der Waals surface area contributed by atoms with Crippen molar-refractivity contribution in [2.24, 2.45) is 7.05 Å². The van der Waals surface area contributed by atoms with Gasteiger partial charge in [-0.15, -0.1) is 0 Å². The van der Waals surface area contributed by atoms with Gasteiger partial charge in [0.1, 0.15) is 11.5 Å². The topological polar surface area (TPSA) is 92.3 Å². The normalized spacial score (nSPS) is 12.3. The lowest BCUT2D eigenvalue weighted by Gasteiger charge is -2.16. The molecule has 0 fully saturated rings. The van der Waals surface area contributed by atoms with Gasteiger partial charge in [-0.05, 0) is 32.0 Å². The van der Waals surface area contributed by atoms with Crippen molar-refractivity contribution in [3.63, 3.8) is 0 Å². The molecular formula is C16H18N4O3. The van der Waals surface area contributed by atoms with Gasteiger partial charge in [0.25, 0.3) is 5.56 Å². The van der Waals surface area contributed by atoms with Crippen molar-refractivity contribution in [2.75, 3.05) is 10.8 Å². The minimum absolute atomic E-state index is 0.117. The molecule has 0 aliphatic heterocycles. The zero-order valence-electron chi connectivity index (χ0n) is 13.1. The van der Waals surface area contributed by atoms with E-state index in [1.165, 1.54) is 6.07 Å². The van der Waals surface area contributed by atoms with E-state index in [9.17, 15) is 4.79 Å². The first kappa shape index (κ1) is 15.1. The fourth-order valence-electron chi connectivity index (χ4n) is 2.55. The molecule has 120 valence electrons. The third-order valence-electron chi connectivity index (χ3n) is 3.84. The number of benzene rings is 1. The summed E-state index contributed by atoms with van der Waals surface area (Å²) in [6.07, 6.45) is 0. The number of nitrogens with zero attached hydrogens (tertiary/aromatic N) is 2. The van der Waals surface area contributed by atoms with E-state index in [0.29, 0.717) is 11.4 Å². The molecule has 3 rings (SSSR count). The van der Waals surface area contributed by atoms with E-state index >= 15 is 0 Å². The zero-order chi connectivity index (χ0) is 16.6. The molecule has 7 heteroatoms. The molecule has 7 nitrogen and oxygen atoms in total. The molecule has 2 heterocycles. The smallest absolute Gasteiger partial charge is 0.252 e. The van der Waals surface area contributed by atoms with Crippen molar-refractivity contribution in [1.82, 2.24) is 9.72 Å². The van der Waals surface area contributed by atoms with E-state index in [1.54, 1.807) is 29.8 Å². The molecule has 1 aromatic carbocycles. The van der Waals surface area contributed by atoms with Gasteiger partial charge in [0.05, 0.1) is 17.2 Å². The molecule has 0 spiro atoms. The van der Waals surface area contributed by atoms with Crippen molar-refractivity contribution in [3.8, 4) is 0 Å². The molecule has 0 radical (unpaired) electrons. The fourth-order valence-corrected chi connectivity index (χ4v) is 2.55. The van der Waals surface area contributed by atoms with Crippen molar-refractivity contribution < 1.29 is 9.73 Å². The highest BCUT2D eigenvalue weighted by molar-refractivity contribution is 5.93. The van der Waals surface area contributed by atoms with Gasteiger partial charge < -0.3 is 14.4 Å². The molecule has 0 bridgehead atoms. The monoisotopic (exact) mass is 314 g/mol. The van der Waals surface area contributed by atoms with Crippen LogP contribution in [-0.4, -0.2) is 14.9 Å². The van der Waals surface area contributed by atoms with E-state index in [0.717, 1.165) is 22.4 Å². The number of hydrogen-bond acceptors (Lipinski definition) is 6. The average molecular weight is 314 g/mol. The first-order valence-corrected chi connectivity index (χ1v) is 7.23. The highest BCUT2D eigenvalue weighted by atomic mass is 16.5. The Hall–Kier alpha value is -2.80. The first-order chi connectivity index (χ1) is 11.0. The van der Waals surface area contributed by atoms with Crippen molar-refractivity contribution in [1.29, 1.82) is 0 Å². The largest absolute Gasteiger partial charge is 0.376 e. The van der Waals surface area contributed by atoms with E-state index < -0.39 is 0 Å². The van der Waals surface area contributed by atoms with Gasteiger partial charge in [-0.1, -0.05) is 5.16 Å². The number of fused-ring (bicyclic) bond motifs is 1. The second kappa shape index (κ2) is 5.77. The molecule has 0 saturated heterocycles. The second-order valence-electron chi connectivity index (χ2n) is 5.53. The lowest BCUT2D eigenvalue weighted by Crippen LogP contribution is -2.18. The van der Waals surface area contributed by atoms with Crippen molar-refractivity contribution in [3.05, 3.63) is 52.1 Å². The van der Waals surface area contributed by atoms with Crippen LogP contribution in [0.5, 0.6) is 0 Å². The summed E-state index contributed by atoms with van der Waals surface area (Å²) >= 11 is 0. The summed E-state index contributed by atoms with van der Waals surface area (Å²) in [5, 5.41) is 17.2. The lowest BCUT2D eigenvalue weighted by atomic mass is 10.1. The third-order valence-corrected chi connectivity index (χ3v) is 3.84. The van der Waals surface area contributed by atoms with Crippen LogP contribution in [0.3, 0.4) is 0 Å². The Morgan fingerprint density at radius 3 is 2.74 bits per heavy atom. The minimum atomic E-state index is -0.131. The molecule has 0 aliphatic rings. The number of aromatic nitrogens is 2. The highest BCUT2D eigenvalue weighted by Gasteiger charge is 2.14. The first-order valence-electron chi connectivity index (χ1n) is 7.23. The van der Waals surface area contributed by atoms with Crippen LogP contribution in [0.2, 0.25) is 0 Å². The summed E-state index contributed by atoms with van der Waals surface area (Å²) in [5.41, 5.74) is 4.75. The quantitative estimate of drug-likeness (QED) is 0.641. The Kier molecular flexibility index (Phi) is 3.79. The Morgan fingerprint density at radius 1 is 1.30 bits per heavy atom. The number of aryl methyl sites for hydroxylation is 2. The van der Waals surface area contributed by atoms with Crippen LogP contribution in [0.25, 0.3) is 10.9 Å². The molecule has 2 aromatic heterocycles. The van der Waals surface area contributed by atoms with Crippen molar-refractivity contribution in [2.45, 2.75) is 19.9 Å². The molecule has 3 N–H and O–H groups in total. The van der Waals surface area contributed by atoms with Gasteiger partial charge >= 0.3 is 0 Å². The Bertz CT molecular complexity index is 913. The molecule has 3 aromatic rings. The predicted octanol–water partition coefficient (Wildman–Crippen LogP) is 2.81. The van der Waals surface area contributed by atoms with E-state index in [2.05, 4.69) is 16.0 Å². The van der Waals surface area contributed by atoms with Crippen molar-refractivity contribution >= 4 is 22.3 Å². The predicted molar refractivity (Wildman–Crippen MR) is 87.9 cm³/mol. The van der Waals surface area contributed by atoms with Crippen LogP contribution in [0.4, 0.5) is 11.4 Å². The van der Waals surface area contributed by atoms with E-state index in [-0.39, 0.29) is 11.6 Å². The Labute approximate surface area is 132 Å². The molecule has 1 atom stereocenters. The molecule has 23 heavy (non-hydrogen) atoms. The molecular weight excluding hydrogens is 296 g/mol. The van der Waals surface area contributed by atoms with Crippen LogP contribution in [0.15, 0.2) is 39.6 Å². The van der Waals surface area contributed by atoms with Gasteiger partial charge in [-0.2, -0.15) is 0 Å². The maximum Gasteiger partial charge on any atom is 0.252 e. The number of hydrogen-bond donors (Lipinski definition) is 3. The fraction of sp³-hybridized carbons (Fsp3) is 0.250. The number of anilines is 2. The average Bonchev–Trinajstić information content (AvgIpc) is 2.98. The van der Waals surface area contributed by atoms with Gasteiger partial charge in [0.2, 0.25) is 0 Å². The molecule has 0 aliphatic carbocycles. The van der Waals surface area contributed by atoms with E-state index in [4.69, 9.17) is 9.73 Å². The van der Waals surface area contributed by atoms with Crippen LogP contribution in [-0.2, 0) is 7.05 Å². The van der Waals surface area contributed by atoms with Gasteiger partial charge in [0, 0.05) is 30.3 Å². The third kappa shape index (κ3) is 2.78. The van der Waals surface area contributed by atoms with Crippen LogP contribution < -0.4 is 16.4 Å². The standard InChI is InChI=1S/C16H18N4O3/c1-9-6-13(19-23-9)10(2)17-14-8-16(21)20(3)15-5-4-11(18-22)7-12(14)15/h4-8,10,17-18,22H,1-3H3. The molecule has 0 amide bonds. The zero-order valence-corrected chi connectivity index (χ0v) is 13.1. The van der Waals surface area contributed by atoms with Crippen LogP contribution in [0.1, 0.15) is 24.4 Å². The van der Waals surface area contributed by atoms with Crippen LogP contribution in [0, 0.1) is 6.92 Å². The Balaban J connectivity index is 2.08. The summed E-state index contributed by atoms with van der Waals surface area (Å²) < 4.78 is 6.65. The van der Waals surface area contributed by atoms with Gasteiger partial charge in [-0.3, -0.25) is 15.5 Å². The number of nitrogens with one attached hydrogen (secondary N) is 2. The number of pyridine rings is 1. The SMILES string of the molecule is Cc1cc(C(C)Nc2cc(=O)n(C)c3ccc(NO)cc23)no1.